The van der Waals surface area contributed by atoms with E-state index in [-0.39, 0.29) is 30.7 Å². The Morgan fingerprint density at radius 3 is 2.48 bits per heavy atom. The Labute approximate surface area is 160 Å². The molecule has 1 fully saturated rings. The van der Waals surface area contributed by atoms with E-state index in [1.54, 1.807) is 19.1 Å². The van der Waals surface area contributed by atoms with Gasteiger partial charge in [0.25, 0.3) is 5.91 Å². The Balaban J connectivity index is 2.11. The van der Waals surface area contributed by atoms with Crippen LogP contribution in [0, 0.1) is 0 Å². The molecule has 0 saturated carbocycles. The highest BCUT2D eigenvalue weighted by molar-refractivity contribution is 6.02. The maximum Gasteiger partial charge on any atom is 0.306 e. The van der Waals surface area contributed by atoms with Crippen LogP contribution >= 0.6 is 0 Å². The molecular formula is C20H29N3O4. The molecule has 0 radical (unpaired) electrons. The molecule has 0 unspecified atom stereocenters. The minimum atomic E-state index is -0.394. The Hall–Kier alpha value is -2.57. The fourth-order valence-corrected chi connectivity index (χ4v) is 3.04. The number of carbonyl (C=O) groups excluding carboxylic acids is 3. The predicted molar refractivity (Wildman–Crippen MR) is 105 cm³/mol. The molecule has 0 spiro atoms. The van der Waals surface area contributed by atoms with Gasteiger partial charge in [0.15, 0.2) is 0 Å². The first-order valence-electron chi connectivity index (χ1n) is 9.56. The quantitative estimate of drug-likeness (QED) is 0.682. The summed E-state index contributed by atoms with van der Waals surface area (Å²) in [5, 5.41) is 5.68. The topological polar surface area (TPSA) is 87.7 Å². The van der Waals surface area contributed by atoms with Crippen molar-refractivity contribution in [3.05, 3.63) is 23.8 Å². The van der Waals surface area contributed by atoms with Gasteiger partial charge in [-0.3, -0.25) is 14.4 Å². The van der Waals surface area contributed by atoms with Crippen LogP contribution in [-0.4, -0.2) is 43.5 Å². The van der Waals surface area contributed by atoms with Gasteiger partial charge in [-0.25, -0.2) is 0 Å². The highest BCUT2D eigenvalue weighted by Crippen LogP contribution is 2.27. The molecular weight excluding hydrogens is 346 g/mol. The van der Waals surface area contributed by atoms with E-state index in [2.05, 4.69) is 15.5 Å². The van der Waals surface area contributed by atoms with Gasteiger partial charge in [-0.15, -0.1) is 0 Å². The molecule has 1 aliphatic rings. The first-order valence-corrected chi connectivity index (χ1v) is 9.56. The third-order valence-corrected chi connectivity index (χ3v) is 4.25. The number of nitrogens with one attached hydrogen (secondary N) is 2. The summed E-state index contributed by atoms with van der Waals surface area (Å²) in [5.74, 6) is -0.837. The van der Waals surface area contributed by atoms with Crippen LogP contribution in [0.15, 0.2) is 18.2 Å². The van der Waals surface area contributed by atoms with Crippen molar-refractivity contribution in [2.45, 2.75) is 52.5 Å². The molecule has 1 saturated heterocycles. The number of benzene rings is 1. The van der Waals surface area contributed by atoms with E-state index in [0.717, 1.165) is 31.6 Å². The fourth-order valence-electron chi connectivity index (χ4n) is 3.04. The van der Waals surface area contributed by atoms with Crippen LogP contribution in [0.1, 0.15) is 56.8 Å². The van der Waals surface area contributed by atoms with Crippen LogP contribution in [-0.2, 0) is 14.3 Å². The zero-order chi connectivity index (χ0) is 19.8. The van der Waals surface area contributed by atoms with Crippen LogP contribution in [0.5, 0.6) is 0 Å². The van der Waals surface area contributed by atoms with Gasteiger partial charge >= 0.3 is 5.97 Å². The summed E-state index contributed by atoms with van der Waals surface area (Å²) in [5.41, 5.74) is 1.98. The second kappa shape index (κ2) is 9.94. The third-order valence-electron chi connectivity index (χ3n) is 4.25. The fraction of sp³-hybridized carbons (Fsp3) is 0.550. The molecule has 1 aromatic rings. The van der Waals surface area contributed by atoms with Gasteiger partial charge in [0, 0.05) is 36.9 Å². The normalized spacial score (nSPS) is 13.6. The largest absolute Gasteiger partial charge is 0.466 e. The highest BCUT2D eigenvalue weighted by Gasteiger charge is 2.21. The number of rotatable bonds is 8. The summed E-state index contributed by atoms with van der Waals surface area (Å²) in [6.07, 6.45) is 2.29. The standard InChI is InChI=1S/C20H29N3O4/c1-4-27-19(25)10-9-18(24)22-15-7-8-17(23-11-5-6-12-23)16(13-15)20(26)21-14(2)3/h7-8,13-14H,4-6,9-12H2,1-3H3,(H,21,26)(H,22,24). The highest BCUT2D eigenvalue weighted by atomic mass is 16.5. The van der Waals surface area contributed by atoms with Crippen LogP contribution in [0.4, 0.5) is 11.4 Å². The van der Waals surface area contributed by atoms with Gasteiger partial charge < -0.3 is 20.3 Å². The monoisotopic (exact) mass is 375 g/mol. The first-order chi connectivity index (χ1) is 12.9. The SMILES string of the molecule is CCOC(=O)CCC(=O)Nc1ccc(N2CCCC2)c(C(=O)NC(C)C)c1. The molecule has 0 aliphatic carbocycles. The number of nitrogens with zero attached hydrogens (tertiary/aromatic N) is 1. The van der Waals surface area contributed by atoms with Crippen molar-refractivity contribution in [3.63, 3.8) is 0 Å². The number of hydrogen-bond donors (Lipinski definition) is 2. The molecule has 0 bridgehead atoms. The molecule has 148 valence electrons. The second-order valence-electron chi connectivity index (χ2n) is 6.91. The van der Waals surface area contributed by atoms with E-state index < -0.39 is 5.97 Å². The van der Waals surface area contributed by atoms with Gasteiger partial charge in [-0.2, -0.15) is 0 Å². The number of ether oxygens (including phenoxy) is 1. The van der Waals surface area contributed by atoms with Crippen LogP contribution < -0.4 is 15.5 Å². The molecule has 1 aliphatic heterocycles. The molecule has 1 aromatic carbocycles. The molecule has 0 aromatic heterocycles. The Morgan fingerprint density at radius 1 is 1.15 bits per heavy atom. The number of anilines is 2. The maximum absolute atomic E-state index is 12.6. The zero-order valence-corrected chi connectivity index (χ0v) is 16.3. The molecule has 27 heavy (non-hydrogen) atoms. The molecule has 7 heteroatoms. The van der Waals surface area contributed by atoms with E-state index in [9.17, 15) is 14.4 Å². The van der Waals surface area contributed by atoms with Crippen molar-refractivity contribution >= 4 is 29.2 Å². The molecule has 0 atom stereocenters. The number of carbonyl (C=O) groups is 3. The van der Waals surface area contributed by atoms with E-state index >= 15 is 0 Å². The van der Waals surface area contributed by atoms with Crippen molar-refractivity contribution in [3.8, 4) is 0 Å². The van der Waals surface area contributed by atoms with Gasteiger partial charge in [0.2, 0.25) is 5.91 Å². The Kier molecular flexibility index (Phi) is 7.64. The Bertz CT molecular complexity index is 682. The maximum atomic E-state index is 12.6. The Morgan fingerprint density at radius 2 is 1.85 bits per heavy atom. The van der Waals surface area contributed by atoms with Gasteiger partial charge in [0.1, 0.15) is 0 Å². The van der Waals surface area contributed by atoms with Gasteiger partial charge in [-0.05, 0) is 51.8 Å². The van der Waals surface area contributed by atoms with E-state index in [0.29, 0.717) is 17.9 Å². The lowest BCUT2D eigenvalue weighted by Gasteiger charge is -2.22. The van der Waals surface area contributed by atoms with E-state index in [1.807, 2.05) is 19.9 Å². The average Bonchev–Trinajstić information content (AvgIpc) is 3.14. The lowest BCUT2D eigenvalue weighted by Crippen LogP contribution is -2.32. The summed E-state index contributed by atoms with van der Waals surface area (Å²) in [7, 11) is 0. The zero-order valence-electron chi connectivity index (χ0n) is 16.3. The molecule has 2 amide bonds. The van der Waals surface area contributed by atoms with E-state index in [4.69, 9.17) is 4.74 Å². The second-order valence-corrected chi connectivity index (χ2v) is 6.91. The van der Waals surface area contributed by atoms with Crippen molar-refractivity contribution in [1.29, 1.82) is 0 Å². The lowest BCUT2D eigenvalue weighted by atomic mass is 10.1. The minimum Gasteiger partial charge on any atom is -0.466 e. The van der Waals surface area contributed by atoms with Crippen LogP contribution in [0.2, 0.25) is 0 Å². The minimum absolute atomic E-state index is 0.0201. The van der Waals surface area contributed by atoms with Crippen LogP contribution in [0.25, 0.3) is 0 Å². The number of hydrogen-bond acceptors (Lipinski definition) is 5. The molecule has 1 heterocycles. The van der Waals surface area contributed by atoms with Crippen LogP contribution in [0.3, 0.4) is 0 Å². The summed E-state index contributed by atoms with van der Waals surface area (Å²) in [6, 6.07) is 5.39. The lowest BCUT2D eigenvalue weighted by molar-refractivity contribution is -0.144. The number of amides is 2. The predicted octanol–water partition coefficient (Wildman–Crippen LogP) is 2.71. The van der Waals surface area contributed by atoms with Crippen molar-refractivity contribution < 1.29 is 19.1 Å². The van der Waals surface area contributed by atoms with Gasteiger partial charge in [0.05, 0.1) is 18.6 Å². The van der Waals surface area contributed by atoms with Crippen molar-refractivity contribution in [2.24, 2.45) is 0 Å². The number of esters is 1. The molecule has 2 rings (SSSR count). The summed E-state index contributed by atoms with van der Waals surface area (Å²) in [4.78, 5) is 38.3. The van der Waals surface area contributed by atoms with Crippen molar-refractivity contribution in [1.82, 2.24) is 5.32 Å². The summed E-state index contributed by atoms with van der Waals surface area (Å²) < 4.78 is 4.83. The molecule has 2 N–H and O–H groups in total. The third kappa shape index (κ3) is 6.27. The molecule has 7 nitrogen and oxygen atoms in total. The summed E-state index contributed by atoms with van der Waals surface area (Å²) >= 11 is 0. The van der Waals surface area contributed by atoms with Gasteiger partial charge in [-0.1, -0.05) is 0 Å². The van der Waals surface area contributed by atoms with Crippen molar-refractivity contribution in [2.75, 3.05) is 29.9 Å². The first kappa shape index (κ1) is 20.7. The summed E-state index contributed by atoms with van der Waals surface area (Å²) in [6.45, 7) is 7.69. The smallest absolute Gasteiger partial charge is 0.306 e. The average molecular weight is 375 g/mol. The van der Waals surface area contributed by atoms with E-state index in [1.165, 1.54) is 0 Å².